The number of benzene rings is 1. The van der Waals surface area contributed by atoms with Crippen LogP contribution in [0.3, 0.4) is 0 Å². The average Bonchev–Trinajstić information content (AvgIpc) is 3.41. The molecule has 1 aliphatic rings. The third-order valence-electron chi connectivity index (χ3n) is 5.17. The van der Waals surface area contributed by atoms with Crippen molar-refractivity contribution < 1.29 is 4.74 Å². The van der Waals surface area contributed by atoms with Crippen molar-refractivity contribution in [1.29, 1.82) is 0 Å². The Morgan fingerprint density at radius 3 is 2.72 bits per heavy atom. The minimum Gasteiger partial charge on any atom is -0.490 e. The first-order valence-corrected chi connectivity index (χ1v) is 10.9. The second kappa shape index (κ2) is 11.4. The molecule has 0 radical (unpaired) electrons. The molecule has 7 nitrogen and oxygen atoms in total. The summed E-state index contributed by atoms with van der Waals surface area (Å²) in [7, 11) is 0. The van der Waals surface area contributed by atoms with E-state index in [4.69, 9.17) is 9.73 Å². The van der Waals surface area contributed by atoms with Gasteiger partial charge in [-0.3, -0.25) is 0 Å². The lowest BCUT2D eigenvalue weighted by Gasteiger charge is -2.17. The number of aryl methyl sites for hydroxylation is 2. The summed E-state index contributed by atoms with van der Waals surface area (Å²) < 4.78 is 8.31. The average molecular weight is 399 g/mol. The fourth-order valence-corrected chi connectivity index (χ4v) is 3.56. The van der Waals surface area contributed by atoms with Crippen molar-refractivity contribution in [2.75, 3.05) is 13.1 Å². The molecule has 7 heteroatoms. The molecule has 158 valence electrons. The molecule has 0 spiro atoms. The maximum absolute atomic E-state index is 6.31. The predicted molar refractivity (Wildman–Crippen MR) is 116 cm³/mol. The molecule has 1 fully saturated rings. The summed E-state index contributed by atoms with van der Waals surface area (Å²) >= 11 is 0. The van der Waals surface area contributed by atoms with Crippen LogP contribution in [0.1, 0.15) is 56.6 Å². The van der Waals surface area contributed by atoms with E-state index < -0.39 is 0 Å². The lowest BCUT2D eigenvalue weighted by atomic mass is 10.1. The first kappa shape index (κ1) is 21.1. The lowest BCUT2D eigenvalue weighted by Crippen LogP contribution is -2.37. The Kier molecular flexibility index (Phi) is 8.34. The molecule has 2 aromatic rings. The van der Waals surface area contributed by atoms with Crippen molar-refractivity contribution in [1.82, 2.24) is 25.4 Å². The lowest BCUT2D eigenvalue weighted by molar-refractivity contribution is 0.208. The van der Waals surface area contributed by atoms with Gasteiger partial charge in [0.25, 0.3) is 0 Å². The number of rotatable bonds is 10. The van der Waals surface area contributed by atoms with Crippen LogP contribution in [-0.2, 0) is 13.1 Å². The summed E-state index contributed by atoms with van der Waals surface area (Å²) in [5.74, 6) is 1.84. The van der Waals surface area contributed by atoms with Gasteiger partial charge < -0.3 is 19.9 Å². The number of ether oxygens (including phenoxy) is 1. The number of nitrogens with zero attached hydrogens (tertiary/aromatic N) is 4. The van der Waals surface area contributed by atoms with Crippen molar-refractivity contribution in [3.63, 3.8) is 0 Å². The SMILES string of the molecule is CCNC(=NCc1ccc(C)cc1OC1CCCC1)NCCCCn1cnnc1. The van der Waals surface area contributed by atoms with Crippen molar-refractivity contribution in [3.05, 3.63) is 42.0 Å². The molecular weight excluding hydrogens is 364 g/mol. The Balaban J connectivity index is 1.51. The molecule has 1 heterocycles. The summed E-state index contributed by atoms with van der Waals surface area (Å²) in [6.07, 6.45) is 10.9. The predicted octanol–water partition coefficient (Wildman–Crippen LogP) is 3.44. The minimum absolute atomic E-state index is 0.358. The standard InChI is InChI=1S/C22H34N6O/c1-3-23-22(24-12-6-7-13-28-16-26-27-17-28)25-15-19-11-10-18(2)14-21(19)29-20-8-4-5-9-20/h10-11,14,16-17,20H,3-9,12-13,15H2,1-2H3,(H2,23,24,25). The fourth-order valence-electron chi connectivity index (χ4n) is 3.56. The van der Waals surface area contributed by atoms with Gasteiger partial charge in [0.15, 0.2) is 5.96 Å². The van der Waals surface area contributed by atoms with E-state index in [1.807, 2.05) is 4.57 Å². The molecule has 0 atom stereocenters. The van der Waals surface area contributed by atoms with E-state index in [2.05, 4.69) is 52.9 Å². The summed E-state index contributed by atoms with van der Waals surface area (Å²) in [4.78, 5) is 4.79. The Bertz CT molecular complexity index is 753. The van der Waals surface area contributed by atoms with Gasteiger partial charge >= 0.3 is 0 Å². The van der Waals surface area contributed by atoms with Gasteiger partial charge in [0.05, 0.1) is 12.6 Å². The zero-order chi connectivity index (χ0) is 20.3. The molecule has 0 aliphatic heterocycles. The third-order valence-corrected chi connectivity index (χ3v) is 5.17. The number of nitrogens with one attached hydrogen (secondary N) is 2. The number of hydrogen-bond acceptors (Lipinski definition) is 4. The van der Waals surface area contributed by atoms with Gasteiger partial charge in [0, 0.05) is 25.2 Å². The van der Waals surface area contributed by atoms with Crippen molar-refractivity contribution in [2.24, 2.45) is 4.99 Å². The number of hydrogen-bond donors (Lipinski definition) is 2. The maximum atomic E-state index is 6.31. The Hall–Kier alpha value is -2.57. The molecule has 2 N–H and O–H groups in total. The highest BCUT2D eigenvalue weighted by molar-refractivity contribution is 5.79. The first-order valence-electron chi connectivity index (χ1n) is 10.9. The van der Waals surface area contributed by atoms with Gasteiger partial charge in [0.2, 0.25) is 0 Å². The van der Waals surface area contributed by atoms with Crippen LogP contribution in [0.2, 0.25) is 0 Å². The zero-order valence-corrected chi connectivity index (χ0v) is 17.7. The van der Waals surface area contributed by atoms with Crippen molar-refractivity contribution >= 4 is 5.96 Å². The third kappa shape index (κ3) is 7.07. The van der Waals surface area contributed by atoms with Crippen LogP contribution in [0.15, 0.2) is 35.8 Å². The Morgan fingerprint density at radius 2 is 1.97 bits per heavy atom. The summed E-state index contributed by atoms with van der Waals surface area (Å²) in [5, 5.41) is 14.4. The number of unbranched alkanes of at least 4 members (excludes halogenated alkanes) is 1. The molecule has 1 aromatic carbocycles. The Morgan fingerprint density at radius 1 is 1.17 bits per heavy atom. The highest BCUT2D eigenvalue weighted by atomic mass is 16.5. The van der Waals surface area contributed by atoms with Gasteiger partial charge in [0.1, 0.15) is 18.4 Å². The minimum atomic E-state index is 0.358. The topological polar surface area (TPSA) is 76.4 Å². The van der Waals surface area contributed by atoms with Crippen LogP contribution >= 0.6 is 0 Å². The molecule has 0 unspecified atom stereocenters. The summed E-state index contributed by atoms with van der Waals surface area (Å²) in [5.41, 5.74) is 2.37. The van der Waals surface area contributed by atoms with E-state index in [-0.39, 0.29) is 0 Å². The summed E-state index contributed by atoms with van der Waals surface area (Å²) in [6.45, 7) is 7.47. The highest BCUT2D eigenvalue weighted by Gasteiger charge is 2.18. The highest BCUT2D eigenvalue weighted by Crippen LogP contribution is 2.28. The fraction of sp³-hybridized carbons (Fsp3) is 0.591. The van der Waals surface area contributed by atoms with E-state index in [0.717, 1.165) is 62.6 Å². The second-order valence-corrected chi connectivity index (χ2v) is 7.66. The van der Waals surface area contributed by atoms with E-state index >= 15 is 0 Å². The van der Waals surface area contributed by atoms with Gasteiger partial charge in [-0.15, -0.1) is 10.2 Å². The van der Waals surface area contributed by atoms with Crippen LogP contribution in [0.4, 0.5) is 0 Å². The first-order chi connectivity index (χ1) is 14.2. The van der Waals surface area contributed by atoms with E-state index in [9.17, 15) is 0 Å². The molecular formula is C22H34N6O. The van der Waals surface area contributed by atoms with Crippen LogP contribution in [0, 0.1) is 6.92 Å². The molecule has 0 saturated heterocycles. The molecule has 1 aliphatic carbocycles. The van der Waals surface area contributed by atoms with E-state index in [0.29, 0.717) is 12.6 Å². The van der Waals surface area contributed by atoms with Crippen LogP contribution in [0.25, 0.3) is 0 Å². The van der Waals surface area contributed by atoms with Gasteiger partial charge in [-0.05, 0) is 64.0 Å². The molecule has 0 amide bonds. The molecule has 1 saturated carbocycles. The van der Waals surface area contributed by atoms with Crippen LogP contribution in [-0.4, -0.2) is 39.9 Å². The zero-order valence-electron chi connectivity index (χ0n) is 17.7. The van der Waals surface area contributed by atoms with Gasteiger partial charge in [-0.1, -0.05) is 12.1 Å². The number of guanidine groups is 1. The molecule has 0 bridgehead atoms. The second-order valence-electron chi connectivity index (χ2n) is 7.66. The Labute approximate surface area is 174 Å². The van der Waals surface area contributed by atoms with E-state index in [1.165, 1.54) is 18.4 Å². The van der Waals surface area contributed by atoms with Gasteiger partial charge in [-0.2, -0.15) is 0 Å². The van der Waals surface area contributed by atoms with E-state index in [1.54, 1.807) is 12.7 Å². The monoisotopic (exact) mass is 398 g/mol. The van der Waals surface area contributed by atoms with Crippen molar-refractivity contribution in [3.8, 4) is 5.75 Å². The number of aliphatic imine (C=N–C) groups is 1. The molecule has 3 rings (SSSR count). The molecule has 1 aromatic heterocycles. The maximum Gasteiger partial charge on any atom is 0.191 e. The quantitative estimate of drug-likeness (QED) is 0.364. The smallest absolute Gasteiger partial charge is 0.191 e. The van der Waals surface area contributed by atoms with Crippen LogP contribution < -0.4 is 15.4 Å². The normalized spacial score (nSPS) is 14.9. The number of aromatic nitrogens is 3. The molecule has 29 heavy (non-hydrogen) atoms. The van der Waals surface area contributed by atoms with Crippen molar-refractivity contribution in [2.45, 2.75) is 71.6 Å². The summed E-state index contributed by atoms with van der Waals surface area (Å²) in [6, 6.07) is 6.43. The van der Waals surface area contributed by atoms with Crippen LogP contribution in [0.5, 0.6) is 5.75 Å². The van der Waals surface area contributed by atoms with Gasteiger partial charge in [-0.25, -0.2) is 4.99 Å². The largest absolute Gasteiger partial charge is 0.490 e.